The molecule has 2 rings (SSSR count). The molecule has 0 radical (unpaired) electrons. The molecule has 0 unspecified atom stereocenters. The van der Waals surface area contributed by atoms with E-state index in [1.54, 1.807) is 28.9 Å². The number of hydrogen-bond acceptors (Lipinski definition) is 3. The van der Waals surface area contributed by atoms with Crippen LogP contribution in [0.2, 0.25) is 0 Å². The molecule has 5 heteroatoms. The number of nitrogens with zero attached hydrogens (tertiary/aromatic N) is 3. The monoisotopic (exact) mass is 286 g/mol. The van der Waals surface area contributed by atoms with Crippen molar-refractivity contribution in [2.24, 2.45) is 5.41 Å². The predicted octanol–water partition coefficient (Wildman–Crippen LogP) is 2.57. The fourth-order valence-corrected chi connectivity index (χ4v) is 2.23. The third kappa shape index (κ3) is 3.84. The highest BCUT2D eigenvalue weighted by Crippen LogP contribution is 2.16. The van der Waals surface area contributed by atoms with E-state index in [0.29, 0.717) is 17.9 Å². The van der Waals surface area contributed by atoms with Crippen molar-refractivity contribution in [1.82, 2.24) is 14.7 Å². The number of amides is 1. The van der Waals surface area contributed by atoms with Gasteiger partial charge in [-0.05, 0) is 29.7 Å². The number of hydrogen-bond donors (Lipinski definition) is 1. The Labute approximate surface area is 125 Å². The highest BCUT2D eigenvalue weighted by atomic mass is 16.2. The summed E-state index contributed by atoms with van der Waals surface area (Å²) in [6, 6.07) is 9.12. The van der Waals surface area contributed by atoms with Crippen LogP contribution in [0.25, 0.3) is 5.69 Å². The maximum atomic E-state index is 12.4. The van der Waals surface area contributed by atoms with Crippen molar-refractivity contribution in [3.05, 3.63) is 42.2 Å². The summed E-state index contributed by atoms with van der Waals surface area (Å²) in [5.74, 6) is -0.0763. The maximum absolute atomic E-state index is 12.4. The maximum Gasteiger partial charge on any atom is 0.274 e. The van der Waals surface area contributed by atoms with Gasteiger partial charge in [-0.1, -0.05) is 26.8 Å². The quantitative estimate of drug-likeness (QED) is 0.882. The Balaban J connectivity index is 2.18. The van der Waals surface area contributed by atoms with Crippen LogP contribution >= 0.6 is 0 Å². The first-order valence-corrected chi connectivity index (χ1v) is 6.93. The molecule has 1 aromatic heterocycles. The number of benzene rings is 1. The summed E-state index contributed by atoms with van der Waals surface area (Å²) in [7, 11) is 1.80. The molecule has 1 aromatic carbocycles. The van der Waals surface area contributed by atoms with Gasteiger partial charge in [-0.15, -0.1) is 0 Å². The van der Waals surface area contributed by atoms with Crippen LogP contribution in [0.1, 0.15) is 31.3 Å². The smallest absolute Gasteiger partial charge is 0.274 e. The second-order valence-electron chi connectivity index (χ2n) is 6.46. The number of aromatic nitrogens is 2. The number of nitrogens with two attached hydrogens (primary N) is 1. The molecule has 0 aliphatic carbocycles. The minimum absolute atomic E-state index is 0.0564. The van der Waals surface area contributed by atoms with Crippen LogP contribution in [0.3, 0.4) is 0 Å². The second-order valence-corrected chi connectivity index (χ2v) is 6.46. The second kappa shape index (κ2) is 5.60. The summed E-state index contributed by atoms with van der Waals surface area (Å²) in [4.78, 5) is 14.1. The van der Waals surface area contributed by atoms with Crippen LogP contribution in [-0.2, 0) is 0 Å². The molecule has 0 atom stereocenters. The van der Waals surface area contributed by atoms with Crippen LogP contribution in [-0.4, -0.2) is 34.2 Å². The molecule has 0 saturated heterocycles. The van der Waals surface area contributed by atoms with Gasteiger partial charge in [0.25, 0.3) is 5.91 Å². The Morgan fingerprint density at radius 3 is 2.67 bits per heavy atom. The zero-order chi connectivity index (χ0) is 15.6. The Kier molecular flexibility index (Phi) is 4.02. The lowest BCUT2D eigenvalue weighted by Gasteiger charge is -2.25. The first-order valence-electron chi connectivity index (χ1n) is 6.93. The zero-order valence-corrected chi connectivity index (χ0v) is 13.0. The van der Waals surface area contributed by atoms with Gasteiger partial charge in [-0.25, -0.2) is 4.68 Å². The van der Waals surface area contributed by atoms with Gasteiger partial charge in [0, 0.05) is 25.5 Å². The minimum Gasteiger partial charge on any atom is -0.399 e. The number of nitrogen functional groups attached to an aromatic ring is 1. The summed E-state index contributed by atoms with van der Waals surface area (Å²) in [6.45, 7) is 6.98. The minimum atomic E-state index is -0.0763. The van der Waals surface area contributed by atoms with Crippen LogP contribution in [0.5, 0.6) is 0 Å². The van der Waals surface area contributed by atoms with Crippen LogP contribution < -0.4 is 5.73 Å². The van der Waals surface area contributed by atoms with E-state index in [4.69, 9.17) is 5.73 Å². The highest BCUT2D eigenvalue weighted by Gasteiger charge is 2.20. The van der Waals surface area contributed by atoms with Crippen LogP contribution in [0, 0.1) is 5.41 Å². The van der Waals surface area contributed by atoms with Crippen molar-refractivity contribution in [1.29, 1.82) is 0 Å². The lowest BCUT2D eigenvalue weighted by molar-refractivity contribution is 0.0739. The number of rotatable bonds is 3. The van der Waals surface area contributed by atoms with Crippen molar-refractivity contribution in [3.63, 3.8) is 0 Å². The molecule has 1 heterocycles. The summed E-state index contributed by atoms with van der Waals surface area (Å²) in [5.41, 5.74) is 7.76. The summed E-state index contributed by atoms with van der Waals surface area (Å²) >= 11 is 0. The highest BCUT2D eigenvalue weighted by molar-refractivity contribution is 5.92. The fourth-order valence-electron chi connectivity index (χ4n) is 2.23. The molecule has 2 aromatic rings. The molecular formula is C16H22N4O. The summed E-state index contributed by atoms with van der Waals surface area (Å²) in [6.07, 6.45) is 1.77. The fraction of sp³-hybridized carbons (Fsp3) is 0.375. The van der Waals surface area contributed by atoms with Gasteiger partial charge in [0.05, 0.1) is 5.69 Å². The van der Waals surface area contributed by atoms with Gasteiger partial charge in [0.15, 0.2) is 5.69 Å². The Morgan fingerprint density at radius 1 is 1.33 bits per heavy atom. The van der Waals surface area contributed by atoms with Gasteiger partial charge < -0.3 is 10.6 Å². The Morgan fingerprint density at radius 2 is 2.05 bits per heavy atom. The molecular weight excluding hydrogens is 264 g/mol. The van der Waals surface area contributed by atoms with Gasteiger partial charge in [-0.2, -0.15) is 5.10 Å². The normalized spacial score (nSPS) is 11.4. The lowest BCUT2D eigenvalue weighted by Crippen LogP contribution is -2.34. The van der Waals surface area contributed by atoms with E-state index in [9.17, 15) is 4.79 Å². The van der Waals surface area contributed by atoms with Gasteiger partial charge in [0.1, 0.15) is 0 Å². The van der Waals surface area contributed by atoms with Crippen molar-refractivity contribution >= 4 is 11.6 Å². The van der Waals surface area contributed by atoms with E-state index in [1.165, 1.54) is 0 Å². The van der Waals surface area contributed by atoms with Gasteiger partial charge >= 0.3 is 0 Å². The van der Waals surface area contributed by atoms with Crippen molar-refractivity contribution in [3.8, 4) is 5.69 Å². The van der Waals surface area contributed by atoms with E-state index < -0.39 is 0 Å². The molecule has 0 spiro atoms. The lowest BCUT2D eigenvalue weighted by atomic mass is 9.96. The molecule has 0 bridgehead atoms. The van der Waals surface area contributed by atoms with Crippen LogP contribution in [0.15, 0.2) is 36.5 Å². The predicted molar refractivity (Wildman–Crippen MR) is 84.4 cm³/mol. The van der Waals surface area contributed by atoms with Crippen LogP contribution in [0.4, 0.5) is 5.69 Å². The van der Waals surface area contributed by atoms with E-state index in [-0.39, 0.29) is 11.3 Å². The first kappa shape index (κ1) is 15.1. The van der Waals surface area contributed by atoms with E-state index in [0.717, 1.165) is 5.69 Å². The van der Waals surface area contributed by atoms with Gasteiger partial charge in [0.2, 0.25) is 0 Å². The van der Waals surface area contributed by atoms with E-state index >= 15 is 0 Å². The molecule has 0 saturated carbocycles. The van der Waals surface area contributed by atoms with Gasteiger partial charge in [-0.3, -0.25) is 4.79 Å². The SMILES string of the molecule is CN(CC(C)(C)C)C(=O)c1ccn(-c2cccc(N)c2)n1. The Hall–Kier alpha value is -2.30. The zero-order valence-electron chi connectivity index (χ0n) is 13.0. The molecule has 21 heavy (non-hydrogen) atoms. The largest absolute Gasteiger partial charge is 0.399 e. The van der Waals surface area contributed by atoms with Crippen molar-refractivity contribution in [2.75, 3.05) is 19.3 Å². The first-order chi connectivity index (χ1) is 9.76. The number of carbonyl (C=O) groups is 1. The molecule has 1 amide bonds. The van der Waals surface area contributed by atoms with E-state index in [1.807, 2.05) is 24.3 Å². The molecule has 5 nitrogen and oxygen atoms in total. The van der Waals surface area contributed by atoms with Crippen molar-refractivity contribution in [2.45, 2.75) is 20.8 Å². The summed E-state index contributed by atoms with van der Waals surface area (Å²) < 4.78 is 1.66. The average Bonchev–Trinajstić information content (AvgIpc) is 2.85. The summed E-state index contributed by atoms with van der Waals surface area (Å²) in [5, 5.41) is 4.34. The standard InChI is InChI=1S/C16H22N4O/c1-16(2,3)11-19(4)15(21)14-8-9-20(18-14)13-7-5-6-12(17)10-13/h5-10H,11,17H2,1-4H3. The third-order valence-electron chi connectivity index (χ3n) is 3.00. The molecule has 0 aliphatic rings. The molecule has 0 aliphatic heterocycles. The Bertz CT molecular complexity index is 640. The molecule has 2 N–H and O–H groups in total. The molecule has 0 fully saturated rings. The molecule has 112 valence electrons. The van der Waals surface area contributed by atoms with E-state index in [2.05, 4.69) is 25.9 Å². The average molecular weight is 286 g/mol. The number of carbonyl (C=O) groups excluding carboxylic acids is 1. The van der Waals surface area contributed by atoms with Crippen molar-refractivity contribution < 1.29 is 4.79 Å². The number of anilines is 1. The topological polar surface area (TPSA) is 64.2 Å². The third-order valence-corrected chi connectivity index (χ3v) is 3.00.